The van der Waals surface area contributed by atoms with Crippen molar-refractivity contribution in [3.63, 3.8) is 0 Å². The first-order valence-corrected chi connectivity index (χ1v) is 13.9. The molecule has 0 radical (unpaired) electrons. The SMILES string of the molecule is CCCC(C)N1CC=C[C@]23O[C@H]4C=CCN(CCC)C(=O)[C@H]4[C@H]2C(=O)N(CCCCCCO)C3C1=O. The van der Waals surface area contributed by atoms with Crippen molar-refractivity contribution in [2.75, 3.05) is 32.8 Å². The third-order valence-corrected chi connectivity index (χ3v) is 8.31. The second kappa shape index (κ2) is 11.5. The standard InChI is InChI=1S/C28H43N3O5/c1-4-12-20(3)30-18-11-14-28-23(22-21(36-28)13-10-16-29(15-5-2)25(22)33)26(34)31(24(28)27(30)35)17-8-6-7-9-19-32/h10-11,13-14,20-24,32H,4-9,12,15-19H2,1-3H3/t20?,21-,22+,23-,24?,28-/m0/s1. The summed E-state index contributed by atoms with van der Waals surface area (Å²) in [6.45, 7) is 8.46. The maximum atomic E-state index is 14.2. The Kier molecular flexibility index (Phi) is 8.56. The van der Waals surface area contributed by atoms with Crippen molar-refractivity contribution in [2.24, 2.45) is 11.8 Å². The van der Waals surface area contributed by atoms with Gasteiger partial charge in [0.2, 0.25) is 17.7 Å². The van der Waals surface area contributed by atoms with Gasteiger partial charge in [0, 0.05) is 38.8 Å². The molecule has 4 heterocycles. The fraction of sp³-hybridized carbons (Fsp3) is 0.750. The molecule has 0 aromatic carbocycles. The highest BCUT2D eigenvalue weighted by Gasteiger charge is 2.71. The minimum absolute atomic E-state index is 0.0491. The van der Waals surface area contributed by atoms with E-state index in [-0.39, 0.29) is 30.4 Å². The molecule has 4 rings (SSSR count). The number of hydrogen-bond acceptors (Lipinski definition) is 5. The molecular weight excluding hydrogens is 458 g/mol. The Bertz CT molecular complexity index is 888. The fourth-order valence-corrected chi connectivity index (χ4v) is 6.64. The average Bonchev–Trinajstić information content (AvgIpc) is 3.16. The number of fused-ring (bicyclic) bond motifs is 2. The molecular formula is C28H43N3O5. The van der Waals surface area contributed by atoms with Gasteiger partial charge in [-0.3, -0.25) is 14.4 Å². The monoisotopic (exact) mass is 501 g/mol. The fourth-order valence-electron chi connectivity index (χ4n) is 6.64. The van der Waals surface area contributed by atoms with Gasteiger partial charge in [0.1, 0.15) is 11.6 Å². The van der Waals surface area contributed by atoms with Crippen LogP contribution in [0.5, 0.6) is 0 Å². The van der Waals surface area contributed by atoms with E-state index in [0.717, 1.165) is 44.9 Å². The maximum absolute atomic E-state index is 14.2. The molecule has 4 aliphatic rings. The minimum atomic E-state index is -1.13. The zero-order chi connectivity index (χ0) is 25.9. The maximum Gasteiger partial charge on any atom is 0.249 e. The largest absolute Gasteiger partial charge is 0.396 e. The van der Waals surface area contributed by atoms with Crippen LogP contribution < -0.4 is 0 Å². The van der Waals surface area contributed by atoms with E-state index in [0.29, 0.717) is 26.2 Å². The Morgan fingerprint density at radius 2 is 1.78 bits per heavy atom. The quantitative estimate of drug-likeness (QED) is 0.347. The van der Waals surface area contributed by atoms with Crippen molar-refractivity contribution in [3.05, 3.63) is 24.3 Å². The summed E-state index contributed by atoms with van der Waals surface area (Å²) in [5, 5.41) is 9.11. The number of carbonyl (C=O) groups is 3. The molecule has 6 atom stereocenters. The van der Waals surface area contributed by atoms with Crippen LogP contribution in [0.1, 0.15) is 65.7 Å². The molecule has 2 unspecified atom stereocenters. The molecule has 0 aromatic rings. The van der Waals surface area contributed by atoms with E-state index < -0.39 is 29.6 Å². The van der Waals surface area contributed by atoms with E-state index in [1.807, 2.05) is 41.0 Å². The Hall–Kier alpha value is -2.19. The van der Waals surface area contributed by atoms with Gasteiger partial charge < -0.3 is 24.5 Å². The predicted octanol–water partition coefficient (Wildman–Crippen LogP) is 2.52. The van der Waals surface area contributed by atoms with E-state index in [4.69, 9.17) is 9.84 Å². The van der Waals surface area contributed by atoms with Gasteiger partial charge in [-0.1, -0.05) is 57.4 Å². The molecule has 2 fully saturated rings. The number of carbonyl (C=O) groups excluding carboxylic acids is 3. The van der Waals surface area contributed by atoms with Crippen molar-refractivity contribution in [3.8, 4) is 0 Å². The molecule has 0 bridgehead atoms. The van der Waals surface area contributed by atoms with E-state index in [1.165, 1.54) is 0 Å². The lowest BCUT2D eigenvalue weighted by Crippen LogP contribution is -2.56. The molecule has 2 saturated heterocycles. The lowest BCUT2D eigenvalue weighted by molar-refractivity contribution is -0.149. The van der Waals surface area contributed by atoms with Gasteiger partial charge in [-0.15, -0.1) is 0 Å². The second-order valence-corrected chi connectivity index (χ2v) is 10.8. The summed E-state index contributed by atoms with van der Waals surface area (Å²) in [5.41, 5.74) is -1.13. The van der Waals surface area contributed by atoms with Crippen LogP contribution in [0.2, 0.25) is 0 Å². The van der Waals surface area contributed by atoms with Crippen molar-refractivity contribution in [1.29, 1.82) is 0 Å². The Morgan fingerprint density at radius 1 is 1.00 bits per heavy atom. The first-order chi connectivity index (χ1) is 17.4. The number of nitrogens with zero attached hydrogens (tertiary/aromatic N) is 3. The molecule has 0 aliphatic carbocycles. The molecule has 1 N–H and O–H groups in total. The van der Waals surface area contributed by atoms with Crippen LogP contribution in [0.15, 0.2) is 24.3 Å². The van der Waals surface area contributed by atoms with Crippen LogP contribution in [0.25, 0.3) is 0 Å². The number of hydrogen-bond donors (Lipinski definition) is 1. The Balaban J connectivity index is 1.71. The van der Waals surface area contributed by atoms with Gasteiger partial charge in [0.15, 0.2) is 0 Å². The molecule has 36 heavy (non-hydrogen) atoms. The highest BCUT2D eigenvalue weighted by Crippen LogP contribution is 2.53. The lowest BCUT2D eigenvalue weighted by Gasteiger charge is -2.37. The third-order valence-electron chi connectivity index (χ3n) is 8.31. The normalized spacial score (nSPS) is 32.4. The summed E-state index contributed by atoms with van der Waals surface area (Å²) < 4.78 is 6.68. The van der Waals surface area contributed by atoms with Crippen LogP contribution in [0.3, 0.4) is 0 Å². The van der Waals surface area contributed by atoms with Gasteiger partial charge >= 0.3 is 0 Å². The Morgan fingerprint density at radius 3 is 2.50 bits per heavy atom. The van der Waals surface area contributed by atoms with Crippen molar-refractivity contribution in [1.82, 2.24) is 14.7 Å². The highest BCUT2D eigenvalue weighted by molar-refractivity contribution is 5.99. The highest BCUT2D eigenvalue weighted by atomic mass is 16.5. The molecule has 200 valence electrons. The van der Waals surface area contributed by atoms with Crippen molar-refractivity contribution < 1.29 is 24.2 Å². The van der Waals surface area contributed by atoms with Crippen molar-refractivity contribution >= 4 is 17.7 Å². The van der Waals surface area contributed by atoms with E-state index in [2.05, 4.69) is 13.8 Å². The predicted molar refractivity (Wildman–Crippen MR) is 137 cm³/mol. The first-order valence-electron chi connectivity index (χ1n) is 13.9. The summed E-state index contributed by atoms with van der Waals surface area (Å²) in [7, 11) is 0. The van der Waals surface area contributed by atoms with Gasteiger partial charge in [0.05, 0.1) is 17.9 Å². The topological polar surface area (TPSA) is 90.4 Å². The second-order valence-electron chi connectivity index (χ2n) is 10.8. The lowest BCUT2D eigenvalue weighted by atomic mass is 9.77. The van der Waals surface area contributed by atoms with Gasteiger partial charge in [-0.05, 0) is 32.6 Å². The zero-order valence-electron chi connectivity index (χ0n) is 22.1. The molecule has 1 spiro atoms. The number of rotatable bonds is 11. The van der Waals surface area contributed by atoms with E-state index in [1.54, 1.807) is 4.90 Å². The summed E-state index contributed by atoms with van der Waals surface area (Å²) in [4.78, 5) is 47.4. The number of aliphatic hydroxyl groups is 1. The third kappa shape index (κ3) is 4.62. The summed E-state index contributed by atoms with van der Waals surface area (Å²) in [5.74, 6) is -1.60. The number of aliphatic hydroxyl groups excluding tert-OH is 1. The van der Waals surface area contributed by atoms with Gasteiger partial charge in [0.25, 0.3) is 0 Å². The minimum Gasteiger partial charge on any atom is -0.396 e. The Labute approximate surface area is 215 Å². The molecule has 8 heteroatoms. The molecule has 4 aliphatic heterocycles. The van der Waals surface area contributed by atoms with E-state index in [9.17, 15) is 14.4 Å². The van der Waals surface area contributed by atoms with Gasteiger partial charge in [-0.2, -0.15) is 0 Å². The first kappa shape index (κ1) is 26.9. The number of likely N-dealkylation sites (tertiary alicyclic amines) is 1. The van der Waals surface area contributed by atoms with Crippen LogP contribution in [0.4, 0.5) is 0 Å². The molecule has 0 aromatic heterocycles. The van der Waals surface area contributed by atoms with Crippen LogP contribution in [-0.2, 0) is 19.1 Å². The molecule has 8 nitrogen and oxygen atoms in total. The molecule has 0 saturated carbocycles. The smallest absolute Gasteiger partial charge is 0.249 e. The van der Waals surface area contributed by atoms with Crippen molar-refractivity contribution in [2.45, 2.75) is 89.5 Å². The number of amides is 3. The number of ether oxygens (including phenoxy) is 1. The zero-order valence-corrected chi connectivity index (χ0v) is 22.1. The van der Waals surface area contributed by atoms with Gasteiger partial charge in [-0.25, -0.2) is 0 Å². The van der Waals surface area contributed by atoms with E-state index >= 15 is 0 Å². The van der Waals surface area contributed by atoms with Crippen LogP contribution in [-0.4, -0.2) is 94.1 Å². The summed E-state index contributed by atoms with van der Waals surface area (Å²) in [6, 6.07) is -0.713. The summed E-state index contributed by atoms with van der Waals surface area (Å²) >= 11 is 0. The van der Waals surface area contributed by atoms with Crippen LogP contribution >= 0.6 is 0 Å². The number of unbranched alkanes of at least 4 members (excludes halogenated alkanes) is 3. The van der Waals surface area contributed by atoms with Crippen LogP contribution in [0, 0.1) is 11.8 Å². The summed E-state index contributed by atoms with van der Waals surface area (Å²) in [6.07, 6.45) is 13.2. The average molecular weight is 502 g/mol. The molecule has 3 amide bonds.